The summed E-state index contributed by atoms with van der Waals surface area (Å²) in [6.45, 7) is 6.05. The molecular formula is C9H15N3O2. The number of ether oxygens (including phenoxy) is 1. The SMILES string of the molecule is CC.CCOC(=O)c1ccc(N)nn1. The average molecular weight is 197 g/mol. The van der Waals surface area contributed by atoms with Gasteiger partial charge in [0.2, 0.25) is 0 Å². The van der Waals surface area contributed by atoms with Gasteiger partial charge < -0.3 is 10.5 Å². The summed E-state index contributed by atoms with van der Waals surface area (Å²) < 4.78 is 4.69. The van der Waals surface area contributed by atoms with E-state index in [1.54, 1.807) is 6.92 Å². The fourth-order valence-electron chi connectivity index (χ4n) is 0.656. The summed E-state index contributed by atoms with van der Waals surface area (Å²) in [5, 5.41) is 7.06. The minimum Gasteiger partial charge on any atom is -0.461 e. The summed E-state index contributed by atoms with van der Waals surface area (Å²) >= 11 is 0. The van der Waals surface area contributed by atoms with Crippen LogP contribution in [0.15, 0.2) is 12.1 Å². The van der Waals surface area contributed by atoms with Crippen molar-refractivity contribution in [2.24, 2.45) is 0 Å². The normalized spacial score (nSPS) is 8.50. The number of nitrogen functional groups attached to an aromatic ring is 1. The molecule has 0 radical (unpaired) electrons. The lowest BCUT2D eigenvalue weighted by atomic mass is 10.4. The van der Waals surface area contributed by atoms with Crippen LogP contribution in [0.25, 0.3) is 0 Å². The van der Waals surface area contributed by atoms with E-state index >= 15 is 0 Å². The Kier molecular flexibility index (Phi) is 6.02. The number of carbonyl (C=O) groups excluding carboxylic acids is 1. The van der Waals surface area contributed by atoms with Crippen molar-refractivity contribution in [3.63, 3.8) is 0 Å². The number of esters is 1. The van der Waals surface area contributed by atoms with Crippen LogP contribution >= 0.6 is 0 Å². The summed E-state index contributed by atoms with van der Waals surface area (Å²) in [7, 11) is 0. The van der Waals surface area contributed by atoms with Crippen LogP contribution < -0.4 is 5.73 Å². The van der Waals surface area contributed by atoms with Gasteiger partial charge >= 0.3 is 5.97 Å². The highest BCUT2D eigenvalue weighted by Gasteiger charge is 2.07. The zero-order chi connectivity index (χ0) is 11.0. The third-order valence-electron chi connectivity index (χ3n) is 1.17. The second-order valence-corrected chi connectivity index (χ2v) is 2.06. The molecule has 0 saturated heterocycles. The molecule has 2 N–H and O–H groups in total. The van der Waals surface area contributed by atoms with Crippen molar-refractivity contribution >= 4 is 11.8 Å². The number of hydrogen-bond acceptors (Lipinski definition) is 5. The van der Waals surface area contributed by atoms with E-state index in [2.05, 4.69) is 14.9 Å². The molecule has 0 aromatic carbocycles. The van der Waals surface area contributed by atoms with Gasteiger partial charge in [-0.25, -0.2) is 4.79 Å². The van der Waals surface area contributed by atoms with E-state index in [1.165, 1.54) is 12.1 Å². The highest BCUT2D eigenvalue weighted by Crippen LogP contribution is 1.98. The molecular weight excluding hydrogens is 182 g/mol. The van der Waals surface area contributed by atoms with Crippen molar-refractivity contribution in [3.05, 3.63) is 17.8 Å². The highest BCUT2D eigenvalue weighted by molar-refractivity contribution is 5.87. The van der Waals surface area contributed by atoms with Crippen molar-refractivity contribution in [1.82, 2.24) is 10.2 Å². The summed E-state index contributed by atoms with van der Waals surface area (Å²) in [5.41, 5.74) is 5.45. The Bertz CT molecular complexity index is 272. The number of nitrogens with two attached hydrogens (primary N) is 1. The Hall–Kier alpha value is -1.65. The van der Waals surface area contributed by atoms with Crippen molar-refractivity contribution in [2.75, 3.05) is 12.3 Å². The number of aromatic nitrogens is 2. The topological polar surface area (TPSA) is 78.1 Å². The van der Waals surface area contributed by atoms with E-state index in [4.69, 9.17) is 5.73 Å². The van der Waals surface area contributed by atoms with E-state index < -0.39 is 5.97 Å². The molecule has 78 valence electrons. The molecule has 0 saturated carbocycles. The molecule has 0 aliphatic rings. The second-order valence-electron chi connectivity index (χ2n) is 2.06. The quantitative estimate of drug-likeness (QED) is 0.722. The zero-order valence-electron chi connectivity index (χ0n) is 8.65. The van der Waals surface area contributed by atoms with Crippen LogP contribution in [-0.4, -0.2) is 22.8 Å². The summed E-state index contributed by atoms with van der Waals surface area (Å²) in [4.78, 5) is 11.0. The summed E-state index contributed by atoms with van der Waals surface area (Å²) in [6, 6.07) is 2.97. The highest BCUT2D eigenvalue weighted by atomic mass is 16.5. The maximum absolute atomic E-state index is 11.0. The first-order valence-electron chi connectivity index (χ1n) is 4.50. The molecule has 5 nitrogen and oxygen atoms in total. The van der Waals surface area contributed by atoms with Gasteiger partial charge in [0, 0.05) is 0 Å². The van der Waals surface area contributed by atoms with Gasteiger partial charge in [-0.2, -0.15) is 0 Å². The number of nitrogens with zero attached hydrogens (tertiary/aromatic N) is 2. The number of rotatable bonds is 2. The molecule has 1 rings (SSSR count). The van der Waals surface area contributed by atoms with Gasteiger partial charge in [-0.05, 0) is 19.1 Å². The lowest BCUT2D eigenvalue weighted by Crippen LogP contribution is -2.08. The van der Waals surface area contributed by atoms with Crippen LogP contribution in [0.5, 0.6) is 0 Å². The maximum atomic E-state index is 11.0. The van der Waals surface area contributed by atoms with E-state index in [9.17, 15) is 4.79 Å². The van der Waals surface area contributed by atoms with E-state index in [-0.39, 0.29) is 11.5 Å². The fraction of sp³-hybridized carbons (Fsp3) is 0.444. The minimum absolute atomic E-state index is 0.172. The summed E-state index contributed by atoms with van der Waals surface area (Å²) in [6.07, 6.45) is 0. The smallest absolute Gasteiger partial charge is 0.358 e. The van der Waals surface area contributed by atoms with E-state index in [0.717, 1.165) is 0 Å². The lowest BCUT2D eigenvalue weighted by Gasteiger charge is -1.98. The molecule has 1 aromatic heterocycles. The summed E-state index contributed by atoms with van der Waals surface area (Å²) in [5.74, 6) is -0.201. The number of carbonyl (C=O) groups is 1. The molecule has 0 aliphatic carbocycles. The van der Waals surface area contributed by atoms with E-state index in [1.807, 2.05) is 13.8 Å². The Morgan fingerprint density at radius 1 is 1.43 bits per heavy atom. The van der Waals surface area contributed by atoms with Gasteiger partial charge in [0.05, 0.1) is 6.61 Å². The van der Waals surface area contributed by atoms with Gasteiger partial charge in [-0.3, -0.25) is 0 Å². The first kappa shape index (κ1) is 12.3. The monoisotopic (exact) mass is 197 g/mol. The Morgan fingerprint density at radius 2 is 2.07 bits per heavy atom. The first-order valence-corrected chi connectivity index (χ1v) is 4.50. The Labute approximate surface area is 83.3 Å². The second kappa shape index (κ2) is 6.82. The molecule has 0 atom stereocenters. The largest absolute Gasteiger partial charge is 0.461 e. The Balaban J connectivity index is 0.000000791. The molecule has 14 heavy (non-hydrogen) atoms. The molecule has 0 amide bonds. The fourth-order valence-corrected chi connectivity index (χ4v) is 0.656. The Morgan fingerprint density at radius 3 is 2.50 bits per heavy atom. The molecule has 5 heteroatoms. The van der Waals surface area contributed by atoms with Crippen molar-refractivity contribution in [1.29, 1.82) is 0 Å². The van der Waals surface area contributed by atoms with E-state index in [0.29, 0.717) is 6.61 Å². The van der Waals surface area contributed by atoms with Crippen LogP contribution in [0.3, 0.4) is 0 Å². The molecule has 1 aromatic rings. The maximum Gasteiger partial charge on any atom is 0.358 e. The number of hydrogen-bond donors (Lipinski definition) is 1. The average Bonchev–Trinajstić information content (AvgIpc) is 2.22. The molecule has 0 aliphatic heterocycles. The van der Waals surface area contributed by atoms with Gasteiger partial charge in [-0.1, -0.05) is 13.8 Å². The molecule has 1 heterocycles. The lowest BCUT2D eigenvalue weighted by molar-refractivity contribution is 0.0518. The van der Waals surface area contributed by atoms with Crippen LogP contribution in [0.4, 0.5) is 5.82 Å². The van der Waals surface area contributed by atoms with Crippen LogP contribution in [0.2, 0.25) is 0 Å². The first-order chi connectivity index (χ1) is 6.74. The molecule has 0 fully saturated rings. The van der Waals surface area contributed by atoms with Crippen LogP contribution in [-0.2, 0) is 4.74 Å². The third kappa shape index (κ3) is 3.84. The van der Waals surface area contributed by atoms with Crippen molar-refractivity contribution in [3.8, 4) is 0 Å². The van der Waals surface area contributed by atoms with Gasteiger partial charge in [0.1, 0.15) is 5.82 Å². The van der Waals surface area contributed by atoms with Crippen LogP contribution in [0, 0.1) is 0 Å². The predicted octanol–water partition coefficient (Wildman–Crippen LogP) is 1.26. The third-order valence-corrected chi connectivity index (χ3v) is 1.17. The molecule has 0 spiro atoms. The zero-order valence-corrected chi connectivity index (χ0v) is 8.65. The molecule has 0 unspecified atom stereocenters. The molecule has 0 bridgehead atoms. The van der Waals surface area contributed by atoms with Crippen molar-refractivity contribution in [2.45, 2.75) is 20.8 Å². The standard InChI is InChI=1S/C7H9N3O2.C2H6/c1-2-12-7(11)5-3-4-6(8)10-9-5;1-2/h3-4H,2H2,1H3,(H2,8,10);1-2H3. The van der Waals surface area contributed by atoms with Crippen molar-refractivity contribution < 1.29 is 9.53 Å². The number of anilines is 1. The van der Waals surface area contributed by atoms with Gasteiger partial charge in [0.15, 0.2) is 5.69 Å². The predicted molar refractivity (Wildman–Crippen MR) is 53.7 cm³/mol. The minimum atomic E-state index is -0.481. The van der Waals surface area contributed by atoms with Crippen LogP contribution in [0.1, 0.15) is 31.3 Å². The van der Waals surface area contributed by atoms with Gasteiger partial charge in [-0.15, -0.1) is 10.2 Å². The van der Waals surface area contributed by atoms with Gasteiger partial charge in [0.25, 0.3) is 0 Å².